The number of carbonyl (C=O) groups excluding carboxylic acids is 2. The fourth-order valence-corrected chi connectivity index (χ4v) is 4.58. The first-order valence-electron chi connectivity index (χ1n) is 10.4. The number of aryl methyl sites for hydroxylation is 1. The van der Waals surface area contributed by atoms with E-state index in [1.807, 2.05) is 4.90 Å². The van der Waals surface area contributed by atoms with Gasteiger partial charge in [0.15, 0.2) is 0 Å². The molecule has 1 aromatic carbocycles. The number of urea groups is 1. The fourth-order valence-electron chi connectivity index (χ4n) is 3.48. The number of piperazine rings is 1. The molecular weight excluding hydrogens is 446 g/mol. The molecule has 0 bridgehead atoms. The Balaban J connectivity index is 1.64. The molecule has 33 heavy (non-hydrogen) atoms. The summed E-state index contributed by atoms with van der Waals surface area (Å²) >= 11 is 0. The number of carbonyl (C=O) groups is 2. The molecule has 0 aliphatic carbocycles. The van der Waals surface area contributed by atoms with Crippen LogP contribution in [0.25, 0.3) is 0 Å². The van der Waals surface area contributed by atoms with Crippen LogP contribution in [0, 0.1) is 18.3 Å². The minimum atomic E-state index is -3.84. The smallest absolute Gasteiger partial charge is 0.340 e. The van der Waals surface area contributed by atoms with E-state index < -0.39 is 22.0 Å². The van der Waals surface area contributed by atoms with Crippen molar-refractivity contribution in [3.8, 4) is 6.07 Å². The number of amides is 2. The van der Waals surface area contributed by atoms with E-state index >= 15 is 0 Å². The van der Waals surface area contributed by atoms with Crippen molar-refractivity contribution in [1.29, 1.82) is 5.26 Å². The quantitative estimate of drug-likeness (QED) is 0.631. The van der Waals surface area contributed by atoms with Crippen LogP contribution in [0.4, 0.5) is 10.6 Å². The maximum atomic E-state index is 12.5. The van der Waals surface area contributed by atoms with E-state index in [0.29, 0.717) is 30.2 Å². The van der Waals surface area contributed by atoms with E-state index in [4.69, 9.17) is 4.74 Å². The molecule has 1 saturated heterocycles. The molecule has 1 fully saturated rings. The molecule has 174 valence electrons. The summed E-state index contributed by atoms with van der Waals surface area (Å²) in [5.74, 6) is -0.412. The number of hydrogen-bond donors (Lipinski definition) is 1. The van der Waals surface area contributed by atoms with Crippen molar-refractivity contribution in [2.24, 2.45) is 0 Å². The lowest BCUT2D eigenvalue weighted by Crippen LogP contribution is -2.53. The third-order valence-electron chi connectivity index (χ3n) is 5.12. The molecule has 1 aliphatic rings. The highest BCUT2D eigenvalue weighted by Gasteiger charge is 2.27. The fraction of sp³-hybridized carbons (Fsp3) is 0.364. The van der Waals surface area contributed by atoms with Gasteiger partial charge in [0.2, 0.25) is 10.0 Å². The average molecular weight is 472 g/mol. The number of nitrogens with zero attached hydrogens (tertiary/aromatic N) is 4. The zero-order valence-electron chi connectivity index (χ0n) is 18.4. The van der Waals surface area contributed by atoms with Gasteiger partial charge in [0, 0.05) is 26.2 Å². The van der Waals surface area contributed by atoms with Crippen LogP contribution in [0.15, 0.2) is 36.4 Å². The average Bonchev–Trinajstić information content (AvgIpc) is 2.79. The summed E-state index contributed by atoms with van der Waals surface area (Å²) < 4.78 is 31.8. The molecule has 10 nitrogen and oxygen atoms in total. The van der Waals surface area contributed by atoms with Crippen LogP contribution in [0.2, 0.25) is 0 Å². The van der Waals surface area contributed by atoms with Crippen molar-refractivity contribution in [3.05, 3.63) is 58.8 Å². The highest BCUT2D eigenvalue weighted by atomic mass is 32.2. The molecule has 1 aliphatic heterocycles. The SMILES string of the molecule is CCOC(=O)c1cc(C#N)c(N2CCN(C(=O)NS(=O)(=O)Cc3ccccc3)CC2)nc1C. The Morgan fingerprint density at radius 1 is 1.18 bits per heavy atom. The van der Waals surface area contributed by atoms with Crippen LogP contribution in [0.3, 0.4) is 0 Å². The van der Waals surface area contributed by atoms with Gasteiger partial charge in [0.05, 0.1) is 29.2 Å². The number of esters is 1. The summed E-state index contributed by atoms with van der Waals surface area (Å²) in [6.45, 7) is 4.78. The summed E-state index contributed by atoms with van der Waals surface area (Å²) in [5.41, 5.74) is 1.49. The first kappa shape index (κ1) is 24.0. The van der Waals surface area contributed by atoms with Crippen LogP contribution >= 0.6 is 0 Å². The number of pyridine rings is 1. The number of nitriles is 1. The number of anilines is 1. The molecule has 1 aromatic heterocycles. The second-order valence-electron chi connectivity index (χ2n) is 7.45. The zero-order chi connectivity index (χ0) is 24.0. The first-order chi connectivity index (χ1) is 15.7. The Labute approximate surface area is 192 Å². The van der Waals surface area contributed by atoms with E-state index in [9.17, 15) is 23.3 Å². The first-order valence-corrected chi connectivity index (χ1v) is 12.1. The van der Waals surface area contributed by atoms with Gasteiger partial charge in [0.1, 0.15) is 11.9 Å². The lowest BCUT2D eigenvalue weighted by atomic mass is 10.1. The maximum Gasteiger partial charge on any atom is 0.340 e. The number of aromatic nitrogens is 1. The Morgan fingerprint density at radius 3 is 2.45 bits per heavy atom. The third kappa shape index (κ3) is 5.98. The summed E-state index contributed by atoms with van der Waals surface area (Å²) in [4.78, 5) is 32.3. The molecule has 0 spiro atoms. The van der Waals surface area contributed by atoms with E-state index in [0.717, 1.165) is 0 Å². The second kappa shape index (κ2) is 10.3. The number of ether oxygens (including phenoxy) is 1. The van der Waals surface area contributed by atoms with Crippen LogP contribution in [0.1, 0.15) is 34.1 Å². The van der Waals surface area contributed by atoms with E-state index in [1.165, 1.54) is 11.0 Å². The van der Waals surface area contributed by atoms with Gasteiger partial charge in [-0.05, 0) is 25.5 Å². The largest absolute Gasteiger partial charge is 0.462 e. The lowest BCUT2D eigenvalue weighted by molar-refractivity contribution is 0.0525. The maximum absolute atomic E-state index is 12.5. The predicted octanol–water partition coefficient (Wildman–Crippen LogP) is 1.80. The van der Waals surface area contributed by atoms with Crippen molar-refractivity contribution in [3.63, 3.8) is 0 Å². The Kier molecular flexibility index (Phi) is 7.50. The van der Waals surface area contributed by atoms with Crippen molar-refractivity contribution in [1.82, 2.24) is 14.6 Å². The van der Waals surface area contributed by atoms with Gasteiger partial charge in [-0.3, -0.25) is 0 Å². The Hall–Kier alpha value is -3.65. The standard InChI is InChI=1S/C22H25N5O5S/c1-3-32-21(28)19-13-18(14-23)20(24-16(19)2)26-9-11-27(12-10-26)22(29)25-33(30,31)15-17-7-5-4-6-8-17/h4-8,13H,3,9-12,15H2,1-2H3,(H,25,29). The summed E-state index contributed by atoms with van der Waals surface area (Å²) in [6.07, 6.45) is 0. The van der Waals surface area contributed by atoms with Crippen LogP contribution < -0.4 is 9.62 Å². The Bertz CT molecular complexity index is 1170. The Morgan fingerprint density at radius 2 is 1.85 bits per heavy atom. The lowest BCUT2D eigenvalue weighted by Gasteiger charge is -2.35. The van der Waals surface area contributed by atoms with Gasteiger partial charge >= 0.3 is 12.0 Å². The van der Waals surface area contributed by atoms with Gasteiger partial charge in [-0.25, -0.2) is 27.7 Å². The molecule has 0 saturated carbocycles. The zero-order valence-corrected chi connectivity index (χ0v) is 19.3. The second-order valence-corrected chi connectivity index (χ2v) is 9.17. The van der Waals surface area contributed by atoms with E-state index in [2.05, 4.69) is 15.8 Å². The minimum Gasteiger partial charge on any atom is -0.462 e. The molecular formula is C22H25N5O5S. The summed E-state index contributed by atoms with van der Waals surface area (Å²) in [5, 5.41) is 9.56. The molecule has 11 heteroatoms. The van der Waals surface area contributed by atoms with Crippen molar-refractivity contribution in [2.45, 2.75) is 19.6 Å². The predicted molar refractivity (Wildman–Crippen MR) is 121 cm³/mol. The van der Waals surface area contributed by atoms with Gasteiger partial charge in [-0.2, -0.15) is 5.26 Å². The molecule has 0 radical (unpaired) electrons. The molecule has 2 aromatic rings. The van der Waals surface area contributed by atoms with Crippen LogP contribution in [-0.2, 0) is 20.5 Å². The summed E-state index contributed by atoms with van der Waals surface area (Å²) in [6, 6.07) is 11.4. The number of sulfonamides is 1. The van der Waals surface area contributed by atoms with Crippen molar-refractivity contribution in [2.75, 3.05) is 37.7 Å². The molecule has 0 atom stereocenters. The molecule has 2 heterocycles. The van der Waals surface area contributed by atoms with Gasteiger partial charge in [-0.1, -0.05) is 30.3 Å². The molecule has 2 amide bonds. The highest BCUT2D eigenvalue weighted by Crippen LogP contribution is 2.23. The molecule has 0 unspecified atom stereocenters. The topological polar surface area (TPSA) is 133 Å². The van der Waals surface area contributed by atoms with E-state index in [1.54, 1.807) is 44.2 Å². The van der Waals surface area contributed by atoms with Crippen molar-refractivity contribution >= 4 is 27.8 Å². The van der Waals surface area contributed by atoms with Gasteiger partial charge in [-0.15, -0.1) is 0 Å². The number of nitrogens with one attached hydrogen (secondary N) is 1. The van der Waals surface area contributed by atoms with Gasteiger partial charge in [0.25, 0.3) is 0 Å². The van der Waals surface area contributed by atoms with E-state index in [-0.39, 0.29) is 36.6 Å². The summed E-state index contributed by atoms with van der Waals surface area (Å²) in [7, 11) is -3.84. The monoisotopic (exact) mass is 471 g/mol. The highest BCUT2D eigenvalue weighted by molar-refractivity contribution is 7.89. The van der Waals surface area contributed by atoms with Crippen molar-refractivity contribution < 1.29 is 22.7 Å². The normalized spacial score (nSPS) is 13.8. The van der Waals surface area contributed by atoms with Gasteiger partial charge < -0.3 is 14.5 Å². The van der Waals surface area contributed by atoms with Crippen LogP contribution in [-0.4, -0.2) is 63.1 Å². The number of rotatable bonds is 6. The molecule has 1 N–H and O–H groups in total. The van der Waals surface area contributed by atoms with Crippen LogP contribution in [0.5, 0.6) is 0 Å². The number of benzene rings is 1. The number of hydrogen-bond acceptors (Lipinski definition) is 8. The third-order valence-corrected chi connectivity index (χ3v) is 6.32. The molecule has 3 rings (SSSR count). The minimum absolute atomic E-state index is 0.215.